The van der Waals surface area contributed by atoms with Crippen molar-refractivity contribution in [3.05, 3.63) is 0 Å². The number of amides is 1. The van der Waals surface area contributed by atoms with E-state index in [9.17, 15) is 14.7 Å². The molecule has 2 aliphatic rings. The highest BCUT2D eigenvalue weighted by Gasteiger charge is 2.42. The van der Waals surface area contributed by atoms with Gasteiger partial charge in [0.15, 0.2) is 0 Å². The van der Waals surface area contributed by atoms with Gasteiger partial charge in [-0.25, -0.2) is 4.79 Å². The van der Waals surface area contributed by atoms with Crippen LogP contribution in [-0.4, -0.2) is 46.0 Å². The van der Waals surface area contributed by atoms with Crippen LogP contribution in [0.5, 0.6) is 0 Å². The maximum Gasteiger partial charge on any atom is 0.327 e. The zero-order valence-electron chi connectivity index (χ0n) is 10.9. The van der Waals surface area contributed by atoms with Gasteiger partial charge in [0, 0.05) is 23.5 Å². The second-order valence-electron chi connectivity index (χ2n) is 5.55. The van der Waals surface area contributed by atoms with E-state index in [1.807, 2.05) is 6.92 Å². The highest BCUT2D eigenvalue weighted by Crippen LogP contribution is 2.38. The highest BCUT2D eigenvalue weighted by atomic mass is 32.2. The van der Waals surface area contributed by atoms with Gasteiger partial charge in [0.25, 0.3) is 0 Å². The Morgan fingerprint density at radius 1 is 1.28 bits per heavy atom. The lowest BCUT2D eigenvalue weighted by Gasteiger charge is -2.41. The predicted molar refractivity (Wildman–Crippen MR) is 71.7 cm³/mol. The maximum absolute atomic E-state index is 12.6. The van der Waals surface area contributed by atoms with E-state index < -0.39 is 12.0 Å². The van der Waals surface area contributed by atoms with Gasteiger partial charge >= 0.3 is 5.97 Å². The SMILES string of the molecule is CC1(C(=O)N2CCSCC2C(=O)O)CCCCC1. The molecule has 1 aliphatic carbocycles. The Kier molecular flexibility index (Phi) is 4.20. The maximum atomic E-state index is 12.6. The van der Waals surface area contributed by atoms with Gasteiger partial charge < -0.3 is 10.0 Å². The molecule has 1 aliphatic heterocycles. The number of carboxylic acid groups (broad SMARTS) is 1. The topological polar surface area (TPSA) is 57.6 Å². The van der Waals surface area contributed by atoms with Gasteiger partial charge in [-0.3, -0.25) is 4.79 Å². The largest absolute Gasteiger partial charge is 0.480 e. The Morgan fingerprint density at radius 3 is 2.56 bits per heavy atom. The summed E-state index contributed by atoms with van der Waals surface area (Å²) in [6.07, 6.45) is 5.18. The summed E-state index contributed by atoms with van der Waals surface area (Å²) in [6, 6.07) is -0.630. The van der Waals surface area contributed by atoms with Crippen molar-refractivity contribution in [1.82, 2.24) is 4.90 Å². The molecule has 0 aromatic rings. The normalized spacial score (nSPS) is 27.8. The van der Waals surface area contributed by atoms with Crippen LogP contribution in [-0.2, 0) is 9.59 Å². The minimum Gasteiger partial charge on any atom is -0.480 e. The number of hydrogen-bond acceptors (Lipinski definition) is 3. The van der Waals surface area contributed by atoms with Crippen LogP contribution < -0.4 is 0 Å². The van der Waals surface area contributed by atoms with Crippen LogP contribution in [0, 0.1) is 5.41 Å². The van der Waals surface area contributed by atoms with Crippen molar-refractivity contribution in [3.8, 4) is 0 Å². The van der Waals surface area contributed by atoms with Crippen molar-refractivity contribution < 1.29 is 14.7 Å². The zero-order valence-corrected chi connectivity index (χ0v) is 11.7. The number of nitrogens with zero attached hydrogens (tertiary/aromatic N) is 1. The van der Waals surface area contributed by atoms with E-state index in [2.05, 4.69) is 0 Å². The summed E-state index contributed by atoms with van der Waals surface area (Å²) in [5.41, 5.74) is -0.325. The zero-order chi connectivity index (χ0) is 13.2. The Morgan fingerprint density at radius 2 is 1.94 bits per heavy atom. The summed E-state index contributed by atoms with van der Waals surface area (Å²) in [5, 5.41) is 9.23. The Bertz CT molecular complexity index is 339. The summed E-state index contributed by atoms with van der Waals surface area (Å²) in [4.78, 5) is 25.5. The van der Waals surface area contributed by atoms with Crippen LogP contribution in [0.1, 0.15) is 39.0 Å². The minimum absolute atomic E-state index is 0.0647. The molecule has 5 heteroatoms. The Hall–Kier alpha value is -0.710. The third-order valence-corrected chi connectivity index (χ3v) is 5.17. The summed E-state index contributed by atoms with van der Waals surface area (Å²) >= 11 is 1.62. The fourth-order valence-corrected chi connectivity index (χ4v) is 3.98. The molecule has 1 unspecified atom stereocenters. The van der Waals surface area contributed by atoms with Crippen LogP contribution in [0.25, 0.3) is 0 Å². The van der Waals surface area contributed by atoms with E-state index in [1.54, 1.807) is 16.7 Å². The Labute approximate surface area is 112 Å². The molecule has 1 N–H and O–H groups in total. The lowest BCUT2D eigenvalue weighted by atomic mass is 9.74. The van der Waals surface area contributed by atoms with Crippen molar-refractivity contribution in [2.45, 2.75) is 45.1 Å². The Balaban J connectivity index is 2.12. The smallest absolute Gasteiger partial charge is 0.327 e. The van der Waals surface area contributed by atoms with Crippen LogP contribution in [0.2, 0.25) is 0 Å². The van der Waals surface area contributed by atoms with Crippen molar-refractivity contribution in [1.29, 1.82) is 0 Å². The standard InChI is InChI=1S/C13H21NO3S/c1-13(5-3-2-4-6-13)12(17)14-7-8-18-9-10(14)11(15)16/h10H,2-9H2,1H3,(H,15,16). The van der Waals surface area contributed by atoms with Crippen LogP contribution >= 0.6 is 11.8 Å². The van der Waals surface area contributed by atoms with Crippen LogP contribution in [0.15, 0.2) is 0 Å². The molecule has 1 amide bonds. The molecule has 1 atom stereocenters. The van der Waals surface area contributed by atoms with Crippen LogP contribution in [0.3, 0.4) is 0 Å². The van der Waals surface area contributed by atoms with Crippen molar-refractivity contribution >= 4 is 23.6 Å². The van der Waals surface area contributed by atoms with Crippen molar-refractivity contribution in [2.75, 3.05) is 18.1 Å². The predicted octanol–water partition coefficient (Wildman–Crippen LogP) is 1.99. The number of rotatable bonds is 2. The van der Waals surface area contributed by atoms with Crippen LogP contribution in [0.4, 0.5) is 0 Å². The van der Waals surface area contributed by atoms with E-state index in [-0.39, 0.29) is 11.3 Å². The van der Waals surface area contributed by atoms with E-state index in [0.29, 0.717) is 12.3 Å². The summed E-state index contributed by atoms with van der Waals surface area (Å²) in [5.74, 6) is 0.577. The third-order valence-electron chi connectivity index (χ3n) is 4.15. The number of carbonyl (C=O) groups excluding carboxylic acids is 1. The van der Waals surface area contributed by atoms with E-state index in [4.69, 9.17) is 0 Å². The first-order valence-electron chi connectivity index (χ1n) is 6.66. The number of carbonyl (C=O) groups is 2. The molecule has 4 nitrogen and oxygen atoms in total. The molecule has 18 heavy (non-hydrogen) atoms. The van der Waals surface area contributed by atoms with Gasteiger partial charge in [-0.2, -0.15) is 11.8 Å². The average molecular weight is 271 g/mol. The van der Waals surface area contributed by atoms with Gasteiger partial charge in [0.05, 0.1) is 0 Å². The van der Waals surface area contributed by atoms with Gasteiger partial charge in [-0.15, -0.1) is 0 Å². The lowest BCUT2D eigenvalue weighted by Crippen LogP contribution is -2.55. The summed E-state index contributed by atoms with van der Waals surface area (Å²) in [7, 11) is 0. The molecule has 1 heterocycles. The van der Waals surface area contributed by atoms with Crippen molar-refractivity contribution in [2.24, 2.45) is 5.41 Å². The molecule has 1 saturated heterocycles. The second-order valence-corrected chi connectivity index (χ2v) is 6.70. The van der Waals surface area contributed by atoms with Gasteiger partial charge in [-0.05, 0) is 12.8 Å². The number of hydrogen-bond donors (Lipinski definition) is 1. The summed E-state index contributed by atoms with van der Waals surface area (Å²) in [6.45, 7) is 2.59. The first kappa shape index (κ1) is 13.7. The molecular weight excluding hydrogens is 250 g/mol. The summed E-state index contributed by atoms with van der Waals surface area (Å²) < 4.78 is 0. The first-order chi connectivity index (χ1) is 8.54. The quantitative estimate of drug-likeness (QED) is 0.834. The van der Waals surface area contributed by atoms with E-state index >= 15 is 0 Å². The molecule has 0 aromatic heterocycles. The lowest BCUT2D eigenvalue weighted by molar-refractivity contribution is -0.155. The van der Waals surface area contributed by atoms with E-state index in [0.717, 1.165) is 31.4 Å². The molecule has 0 aromatic carbocycles. The molecular formula is C13H21NO3S. The van der Waals surface area contributed by atoms with Gasteiger partial charge in [0.1, 0.15) is 6.04 Å². The molecule has 0 radical (unpaired) electrons. The molecule has 2 fully saturated rings. The third kappa shape index (κ3) is 2.66. The fraction of sp³-hybridized carbons (Fsp3) is 0.846. The molecule has 2 rings (SSSR count). The monoisotopic (exact) mass is 271 g/mol. The average Bonchev–Trinajstić information content (AvgIpc) is 2.38. The first-order valence-corrected chi connectivity index (χ1v) is 7.82. The van der Waals surface area contributed by atoms with Gasteiger partial charge in [-0.1, -0.05) is 26.2 Å². The second kappa shape index (κ2) is 5.51. The molecule has 102 valence electrons. The number of thioether (sulfide) groups is 1. The molecule has 0 bridgehead atoms. The molecule has 1 saturated carbocycles. The van der Waals surface area contributed by atoms with Gasteiger partial charge in [0.2, 0.25) is 5.91 Å². The van der Waals surface area contributed by atoms with Crippen molar-refractivity contribution in [3.63, 3.8) is 0 Å². The number of carboxylic acids is 1. The fourth-order valence-electron chi connectivity index (χ4n) is 2.94. The minimum atomic E-state index is -0.866. The highest BCUT2D eigenvalue weighted by molar-refractivity contribution is 7.99. The molecule has 0 spiro atoms. The number of aliphatic carboxylic acids is 1. The van der Waals surface area contributed by atoms with E-state index in [1.165, 1.54) is 6.42 Å².